The van der Waals surface area contributed by atoms with E-state index in [1.807, 2.05) is 18.3 Å². The number of nitrogen functional groups attached to an aromatic ring is 1. The van der Waals surface area contributed by atoms with E-state index >= 15 is 0 Å². The van der Waals surface area contributed by atoms with Gasteiger partial charge in [0, 0.05) is 19.2 Å². The molecule has 0 spiro atoms. The van der Waals surface area contributed by atoms with Gasteiger partial charge in [-0.3, -0.25) is 0 Å². The molecule has 0 bridgehead atoms. The molecular weight excluding hydrogens is 214 g/mol. The molecule has 5 heteroatoms. The maximum Gasteiger partial charge on any atom is 0.178 e. The molecule has 2 aromatic heterocycles. The number of hydrogen-bond donors (Lipinski definition) is 1. The van der Waals surface area contributed by atoms with Crippen molar-refractivity contribution in [3.63, 3.8) is 0 Å². The van der Waals surface area contributed by atoms with Crippen molar-refractivity contribution in [2.75, 3.05) is 25.9 Å². The van der Waals surface area contributed by atoms with Crippen LogP contribution in [0.2, 0.25) is 0 Å². The molecule has 1 aliphatic rings. The number of hydrogen-bond acceptors (Lipinski definition) is 4. The lowest BCUT2D eigenvalue weighted by molar-refractivity contribution is 0.392. The predicted octanol–water partition coefficient (Wildman–Crippen LogP) is 0.806. The Morgan fingerprint density at radius 2 is 2.41 bits per heavy atom. The highest BCUT2D eigenvalue weighted by Gasteiger charge is 2.21. The summed E-state index contributed by atoms with van der Waals surface area (Å²) in [5, 5.41) is 4.47. The molecule has 0 amide bonds. The molecule has 1 fully saturated rings. The zero-order valence-corrected chi connectivity index (χ0v) is 10.0. The van der Waals surface area contributed by atoms with Gasteiger partial charge in [-0.1, -0.05) is 0 Å². The van der Waals surface area contributed by atoms with Crippen LogP contribution >= 0.6 is 0 Å². The normalized spacial score (nSPS) is 21.4. The summed E-state index contributed by atoms with van der Waals surface area (Å²) in [6, 6.07) is 3.75. The Kier molecular flexibility index (Phi) is 2.48. The van der Waals surface area contributed by atoms with Gasteiger partial charge in [0.05, 0.1) is 5.69 Å². The molecule has 1 aliphatic heterocycles. The highest BCUT2D eigenvalue weighted by Crippen LogP contribution is 2.19. The molecule has 5 nitrogen and oxygen atoms in total. The van der Waals surface area contributed by atoms with E-state index in [0.29, 0.717) is 11.6 Å². The summed E-state index contributed by atoms with van der Waals surface area (Å²) in [4.78, 5) is 6.87. The Bertz CT molecular complexity index is 533. The Balaban J connectivity index is 1.84. The van der Waals surface area contributed by atoms with Crippen LogP contribution in [0.4, 0.5) is 5.69 Å². The smallest absolute Gasteiger partial charge is 0.178 e. The topological polar surface area (TPSA) is 59.5 Å². The monoisotopic (exact) mass is 231 g/mol. The summed E-state index contributed by atoms with van der Waals surface area (Å²) >= 11 is 0. The maximum atomic E-state index is 5.87. The summed E-state index contributed by atoms with van der Waals surface area (Å²) in [7, 11) is 2.16. The minimum Gasteiger partial charge on any atom is -0.396 e. The van der Waals surface area contributed by atoms with E-state index in [1.165, 1.54) is 13.0 Å². The average molecular weight is 231 g/mol. The van der Waals surface area contributed by atoms with Crippen molar-refractivity contribution in [3.05, 3.63) is 24.2 Å². The van der Waals surface area contributed by atoms with Gasteiger partial charge in [0.25, 0.3) is 0 Å². The van der Waals surface area contributed by atoms with Crippen LogP contribution in [0.25, 0.3) is 5.65 Å². The van der Waals surface area contributed by atoms with Gasteiger partial charge in [-0.2, -0.15) is 5.10 Å². The maximum absolute atomic E-state index is 5.87. The lowest BCUT2D eigenvalue weighted by atomic mass is 10.1. The van der Waals surface area contributed by atoms with Crippen molar-refractivity contribution in [2.24, 2.45) is 5.92 Å². The van der Waals surface area contributed by atoms with Crippen molar-refractivity contribution >= 4 is 11.3 Å². The number of nitrogens with two attached hydrogens (primary N) is 1. The molecule has 3 heterocycles. The summed E-state index contributed by atoms with van der Waals surface area (Å²) in [6.07, 6.45) is 4.08. The zero-order chi connectivity index (χ0) is 11.8. The Morgan fingerprint density at radius 1 is 1.53 bits per heavy atom. The van der Waals surface area contributed by atoms with Crippen LogP contribution in [-0.4, -0.2) is 39.6 Å². The molecule has 1 saturated heterocycles. The molecule has 0 saturated carbocycles. The number of fused-ring (bicyclic) bond motifs is 1. The van der Waals surface area contributed by atoms with E-state index in [2.05, 4.69) is 22.0 Å². The predicted molar refractivity (Wildman–Crippen MR) is 66.7 cm³/mol. The van der Waals surface area contributed by atoms with Gasteiger partial charge in [-0.15, -0.1) is 0 Å². The molecule has 0 aromatic carbocycles. The van der Waals surface area contributed by atoms with E-state index in [9.17, 15) is 0 Å². The van der Waals surface area contributed by atoms with Crippen molar-refractivity contribution in [1.29, 1.82) is 0 Å². The molecule has 2 aromatic rings. The summed E-state index contributed by atoms with van der Waals surface area (Å²) < 4.78 is 1.77. The minimum atomic E-state index is 0.679. The summed E-state index contributed by atoms with van der Waals surface area (Å²) in [5.41, 5.74) is 7.33. The molecule has 0 aliphatic carbocycles. The zero-order valence-electron chi connectivity index (χ0n) is 10.0. The number of rotatable bonds is 2. The van der Waals surface area contributed by atoms with Crippen LogP contribution in [0.15, 0.2) is 18.3 Å². The lowest BCUT2D eigenvalue weighted by Crippen LogP contribution is -2.15. The molecular formula is C12H17N5. The number of anilines is 1. The second kappa shape index (κ2) is 4.00. The minimum absolute atomic E-state index is 0.679. The highest BCUT2D eigenvalue weighted by molar-refractivity contribution is 5.63. The SMILES string of the molecule is CN1CCC(Cc2nc3c(N)cccn3n2)C1. The molecule has 3 rings (SSSR count). The molecule has 0 radical (unpaired) electrons. The Labute approximate surface area is 100 Å². The fourth-order valence-corrected chi connectivity index (χ4v) is 2.51. The van der Waals surface area contributed by atoms with Crippen LogP contribution in [0.3, 0.4) is 0 Å². The van der Waals surface area contributed by atoms with E-state index in [4.69, 9.17) is 5.73 Å². The largest absolute Gasteiger partial charge is 0.396 e. The van der Waals surface area contributed by atoms with Crippen LogP contribution < -0.4 is 5.73 Å². The van der Waals surface area contributed by atoms with Gasteiger partial charge in [0.2, 0.25) is 0 Å². The molecule has 17 heavy (non-hydrogen) atoms. The Morgan fingerprint density at radius 3 is 3.12 bits per heavy atom. The third kappa shape index (κ3) is 1.98. The molecule has 2 N–H and O–H groups in total. The van der Waals surface area contributed by atoms with Gasteiger partial charge in [0.1, 0.15) is 0 Å². The highest BCUT2D eigenvalue weighted by atomic mass is 15.3. The van der Waals surface area contributed by atoms with Gasteiger partial charge in [0.15, 0.2) is 11.5 Å². The van der Waals surface area contributed by atoms with Crippen LogP contribution in [0.5, 0.6) is 0 Å². The summed E-state index contributed by atoms with van der Waals surface area (Å²) in [6.45, 7) is 2.32. The standard InChI is InChI=1S/C12H17N5/c1-16-6-4-9(8-16)7-11-14-12-10(13)3-2-5-17(12)15-11/h2-3,5,9H,4,6-8,13H2,1H3. The molecule has 1 atom stereocenters. The third-order valence-electron chi connectivity index (χ3n) is 3.40. The number of aromatic nitrogens is 3. The van der Waals surface area contributed by atoms with E-state index in [-0.39, 0.29) is 0 Å². The Hall–Kier alpha value is -1.62. The van der Waals surface area contributed by atoms with Gasteiger partial charge < -0.3 is 10.6 Å². The van der Waals surface area contributed by atoms with Crippen LogP contribution in [0.1, 0.15) is 12.2 Å². The lowest BCUT2D eigenvalue weighted by Gasteiger charge is -2.07. The fourth-order valence-electron chi connectivity index (χ4n) is 2.51. The number of likely N-dealkylation sites (tertiary alicyclic amines) is 1. The van der Waals surface area contributed by atoms with Crippen molar-refractivity contribution < 1.29 is 0 Å². The first-order chi connectivity index (χ1) is 8.22. The van der Waals surface area contributed by atoms with Crippen LogP contribution in [0, 0.1) is 5.92 Å². The fraction of sp³-hybridized carbons (Fsp3) is 0.500. The third-order valence-corrected chi connectivity index (χ3v) is 3.40. The number of pyridine rings is 1. The van der Waals surface area contributed by atoms with Gasteiger partial charge in [-0.05, 0) is 38.1 Å². The van der Waals surface area contributed by atoms with Crippen LogP contribution in [-0.2, 0) is 6.42 Å². The van der Waals surface area contributed by atoms with Crippen molar-refractivity contribution in [3.8, 4) is 0 Å². The molecule has 90 valence electrons. The summed E-state index contributed by atoms with van der Waals surface area (Å²) in [5.74, 6) is 1.59. The van der Waals surface area contributed by atoms with Crippen molar-refractivity contribution in [1.82, 2.24) is 19.5 Å². The van der Waals surface area contributed by atoms with E-state index < -0.39 is 0 Å². The van der Waals surface area contributed by atoms with E-state index in [0.717, 1.165) is 24.4 Å². The average Bonchev–Trinajstić information content (AvgIpc) is 2.86. The number of nitrogens with zero attached hydrogens (tertiary/aromatic N) is 4. The van der Waals surface area contributed by atoms with Gasteiger partial charge in [-0.25, -0.2) is 9.50 Å². The quantitative estimate of drug-likeness (QED) is 0.830. The van der Waals surface area contributed by atoms with Crippen molar-refractivity contribution in [2.45, 2.75) is 12.8 Å². The first-order valence-electron chi connectivity index (χ1n) is 6.00. The second-order valence-corrected chi connectivity index (χ2v) is 4.88. The first-order valence-corrected chi connectivity index (χ1v) is 6.00. The molecule has 1 unspecified atom stereocenters. The van der Waals surface area contributed by atoms with Gasteiger partial charge >= 0.3 is 0 Å². The van der Waals surface area contributed by atoms with E-state index in [1.54, 1.807) is 4.52 Å². The first kappa shape index (κ1) is 10.5. The second-order valence-electron chi connectivity index (χ2n) is 4.88.